The molecule has 0 unspecified atom stereocenters. The molecular formula is C19H27N3O4. The van der Waals surface area contributed by atoms with Crippen molar-refractivity contribution in [3.05, 3.63) is 11.6 Å². The molecule has 3 rings (SSSR count). The van der Waals surface area contributed by atoms with E-state index < -0.39 is 17.8 Å². The number of hydrogen-bond acceptors (Lipinski definition) is 4. The van der Waals surface area contributed by atoms with E-state index in [0.717, 1.165) is 41.9 Å². The van der Waals surface area contributed by atoms with Gasteiger partial charge in [0.15, 0.2) is 0 Å². The van der Waals surface area contributed by atoms with Crippen molar-refractivity contribution in [1.29, 1.82) is 0 Å². The fraction of sp³-hybridized carbons (Fsp3) is 0.684. The second kappa shape index (κ2) is 8.01. The highest BCUT2D eigenvalue weighted by Gasteiger charge is 2.45. The van der Waals surface area contributed by atoms with Crippen LogP contribution in [0, 0.1) is 5.92 Å². The Labute approximate surface area is 154 Å². The number of carbonyl (C=O) groups is 4. The van der Waals surface area contributed by atoms with E-state index in [0.29, 0.717) is 25.4 Å². The van der Waals surface area contributed by atoms with Gasteiger partial charge in [0.2, 0.25) is 5.91 Å². The van der Waals surface area contributed by atoms with Crippen LogP contribution in [0.5, 0.6) is 0 Å². The first-order valence-electron chi connectivity index (χ1n) is 9.60. The van der Waals surface area contributed by atoms with Crippen LogP contribution in [0.4, 0.5) is 4.79 Å². The Bertz CT molecular complexity index is 635. The van der Waals surface area contributed by atoms with Gasteiger partial charge >= 0.3 is 17.8 Å². The first kappa shape index (κ1) is 18.6. The molecule has 0 N–H and O–H groups in total. The number of amides is 5. The summed E-state index contributed by atoms with van der Waals surface area (Å²) in [4.78, 5) is 52.7. The Balaban J connectivity index is 1.57. The molecule has 0 aromatic rings. The van der Waals surface area contributed by atoms with E-state index in [4.69, 9.17) is 0 Å². The van der Waals surface area contributed by atoms with Crippen molar-refractivity contribution in [2.45, 2.75) is 51.9 Å². The van der Waals surface area contributed by atoms with E-state index in [1.54, 1.807) is 4.90 Å². The summed E-state index contributed by atoms with van der Waals surface area (Å²) < 4.78 is 0. The Kier molecular flexibility index (Phi) is 5.74. The zero-order valence-electron chi connectivity index (χ0n) is 15.4. The van der Waals surface area contributed by atoms with Gasteiger partial charge in [-0.1, -0.05) is 18.6 Å². The molecule has 0 aromatic carbocycles. The minimum absolute atomic E-state index is 0.209. The minimum atomic E-state index is -0.883. The molecule has 5 amide bonds. The van der Waals surface area contributed by atoms with Gasteiger partial charge in [0, 0.05) is 19.6 Å². The van der Waals surface area contributed by atoms with Crippen LogP contribution < -0.4 is 0 Å². The monoisotopic (exact) mass is 361 g/mol. The number of piperidine rings is 1. The number of likely N-dealkylation sites (tertiary alicyclic amines) is 1. The van der Waals surface area contributed by atoms with E-state index in [9.17, 15) is 19.2 Å². The highest BCUT2D eigenvalue weighted by Crippen LogP contribution is 2.22. The number of rotatable bonds is 5. The van der Waals surface area contributed by atoms with Gasteiger partial charge < -0.3 is 4.90 Å². The summed E-state index contributed by atoms with van der Waals surface area (Å²) in [5.41, 5.74) is 1.24. The molecule has 0 saturated carbocycles. The SMILES string of the molecule is CC1CCN(C(=O)CN2C(=O)C(=O)N(CCC3=CCCCC3)C2=O)CC1. The van der Waals surface area contributed by atoms with Crippen LogP contribution >= 0.6 is 0 Å². The number of carbonyl (C=O) groups excluding carboxylic acids is 4. The van der Waals surface area contributed by atoms with Gasteiger partial charge in [-0.05, 0) is 50.9 Å². The summed E-state index contributed by atoms with van der Waals surface area (Å²) in [6.45, 7) is 3.30. The molecule has 1 aliphatic carbocycles. The predicted octanol–water partition coefficient (Wildman–Crippen LogP) is 1.93. The lowest BCUT2D eigenvalue weighted by atomic mass is 9.97. The minimum Gasteiger partial charge on any atom is -0.341 e. The average Bonchev–Trinajstić information content (AvgIpc) is 2.85. The fourth-order valence-corrected chi connectivity index (χ4v) is 3.77. The Morgan fingerprint density at radius 1 is 1.08 bits per heavy atom. The first-order valence-corrected chi connectivity index (χ1v) is 9.60. The second-order valence-electron chi connectivity index (χ2n) is 7.55. The molecule has 0 radical (unpaired) electrons. The van der Waals surface area contributed by atoms with E-state index in [1.807, 2.05) is 0 Å². The maximum atomic E-state index is 12.5. The molecule has 3 aliphatic rings. The fourth-order valence-electron chi connectivity index (χ4n) is 3.77. The van der Waals surface area contributed by atoms with Gasteiger partial charge in [-0.25, -0.2) is 9.69 Å². The van der Waals surface area contributed by atoms with Crippen LogP contribution in [0.2, 0.25) is 0 Å². The number of imide groups is 2. The highest BCUT2D eigenvalue weighted by atomic mass is 16.2. The van der Waals surface area contributed by atoms with Crippen molar-refractivity contribution in [2.75, 3.05) is 26.2 Å². The molecule has 7 nitrogen and oxygen atoms in total. The smallest absolute Gasteiger partial charge is 0.334 e. The normalized spacial score (nSPS) is 22.3. The molecule has 0 atom stereocenters. The van der Waals surface area contributed by atoms with Crippen LogP contribution in [0.3, 0.4) is 0 Å². The van der Waals surface area contributed by atoms with Crippen LogP contribution in [0.1, 0.15) is 51.9 Å². The van der Waals surface area contributed by atoms with Crippen molar-refractivity contribution < 1.29 is 19.2 Å². The lowest BCUT2D eigenvalue weighted by molar-refractivity contribution is -0.145. The van der Waals surface area contributed by atoms with Gasteiger partial charge in [-0.3, -0.25) is 19.3 Å². The molecule has 2 fully saturated rings. The van der Waals surface area contributed by atoms with E-state index in [-0.39, 0.29) is 19.0 Å². The summed E-state index contributed by atoms with van der Waals surface area (Å²) in [6.07, 6.45) is 8.94. The molecule has 0 bridgehead atoms. The molecule has 2 saturated heterocycles. The van der Waals surface area contributed by atoms with E-state index >= 15 is 0 Å². The van der Waals surface area contributed by atoms with Crippen LogP contribution in [0.15, 0.2) is 11.6 Å². The second-order valence-corrected chi connectivity index (χ2v) is 7.55. The zero-order chi connectivity index (χ0) is 18.7. The van der Waals surface area contributed by atoms with E-state index in [1.165, 1.54) is 12.0 Å². The quantitative estimate of drug-likeness (QED) is 0.426. The molecule has 0 spiro atoms. The number of urea groups is 1. The van der Waals surface area contributed by atoms with Crippen molar-refractivity contribution in [1.82, 2.24) is 14.7 Å². The number of hydrogen-bond donors (Lipinski definition) is 0. The van der Waals surface area contributed by atoms with Crippen molar-refractivity contribution in [2.24, 2.45) is 5.92 Å². The molecule has 2 aliphatic heterocycles. The van der Waals surface area contributed by atoms with Crippen LogP contribution in [0.25, 0.3) is 0 Å². The average molecular weight is 361 g/mol. The molecule has 2 heterocycles. The Hall–Kier alpha value is -2.18. The summed E-state index contributed by atoms with van der Waals surface area (Å²) in [5.74, 6) is -1.37. The van der Waals surface area contributed by atoms with Crippen molar-refractivity contribution in [3.63, 3.8) is 0 Å². The van der Waals surface area contributed by atoms with Crippen LogP contribution in [-0.2, 0) is 14.4 Å². The molecule has 26 heavy (non-hydrogen) atoms. The highest BCUT2D eigenvalue weighted by molar-refractivity contribution is 6.45. The van der Waals surface area contributed by atoms with Gasteiger partial charge in [-0.15, -0.1) is 0 Å². The standard InChI is InChI=1S/C19H27N3O4/c1-14-7-10-20(11-8-14)16(23)13-22-18(25)17(24)21(19(22)26)12-9-15-5-3-2-4-6-15/h5,14H,2-4,6-13H2,1H3. The predicted molar refractivity (Wildman–Crippen MR) is 95.0 cm³/mol. The van der Waals surface area contributed by atoms with Crippen LogP contribution in [-0.4, -0.2) is 64.6 Å². The Morgan fingerprint density at radius 2 is 1.77 bits per heavy atom. The molecule has 0 aromatic heterocycles. The molecule has 142 valence electrons. The third kappa shape index (κ3) is 3.97. The maximum Gasteiger partial charge on any atom is 0.334 e. The molecule has 7 heteroatoms. The lowest BCUT2D eigenvalue weighted by Gasteiger charge is -2.31. The van der Waals surface area contributed by atoms with Crippen molar-refractivity contribution in [3.8, 4) is 0 Å². The lowest BCUT2D eigenvalue weighted by Crippen LogP contribution is -2.46. The first-order chi connectivity index (χ1) is 12.5. The maximum absolute atomic E-state index is 12.5. The summed E-state index contributed by atoms with van der Waals surface area (Å²) in [7, 11) is 0. The number of allylic oxidation sites excluding steroid dienone is 1. The summed E-state index contributed by atoms with van der Waals surface area (Å²) >= 11 is 0. The third-order valence-corrected chi connectivity index (χ3v) is 5.61. The number of nitrogens with zero attached hydrogens (tertiary/aromatic N) is 3. The van der Waals surface area contributed by atoms with Gasteiger partial charge in [0.1, 0.15) is 6.54 Å². The Morgan fingerprint density at radius 3 is 2.42 bits per heavy atom. The van der Waals surface area contributed by atoms with Gasteiger partial charge in [0.05, 0.1) is 0 Å². The van der Waals surface area contributed by atoms with Gasteiger partial charge in [0.25, 0.3) is 0 Å². The largest absolute Gasteiger partial charge is 0.341 e. The third-order valence-electron chi connectivity index (χ3n) is 5.61. The topological polar surface area (TPSA) is 78.0 Å². The molecular weight excluding hydrogens is 334 g/mol. The van der Waals surface area contributed by atoms with Gasteiger partial charge in [-0.2, -0.15) is 0 Å². The summed E-state index contributed by atoms with van der Waals surface area (Å²) in [5, 5.41) is 0. The zero-order valence-corrected chi connectivity index (χ0v) is 15.4. The van der Waals surface area contributed by atoms with E-state index in [2.05, 4.69) is 13.0 Å². The summed E-state index contributed by atoms with van der Waals surface area (Å²) in [6, 6.07) is -0.657. The van der Waals surface area contributed by atoms with Crippen molar-refractivity contribution >= 4 is 23.8 Å².